The zero-order chi connectivity index (χ0) is 17.1. The molecule has 3 rings (SSSR count). The van der Waals surface area contributed by atoms with Crippen molar-refractivity contribution in [3.05, 3.63) is 65.0 Å². The Bertz CT molecular complexity index is 733. The Labute approximate surface area is 140 Å². The van der Waals surface area contributed by atoms with E-state index in [-0.39, 0.29) is 17.7 Å². The van der Waals surface area contributed by atoms with Gasteiger partial charge in [-0.05, 0) is 42.2 Å². The van der Waals surface area contributed by atoms with Crippen LogP contribution in [-0.4, -0.2) is 25.9 Å². The highest BCUT2D eigenvalue weighted by atomic mass is 19.1. The Balaban J connectivity index is 2.00. The van der Waals surface area contributed by atoms with Crippen LogP contribution >= 0.6 is 0 Å². The Morgan fingerprint density at radius 3 is 2.71 bits per heavy atom. The smallest absolute Gasteiger partial charge is 0.407 e. The van der Waals surface area contributed by atoms with Crippen molar-refractivity contribution >= 4 is 6.09 Å². The lowest BCUT2D eigenvalue weighted by atomic mass is 9.90. The number of hydrogen-bond acceptors (Lipinski definition) is 3. The number of nitrogens with one attached hydrogen (secondary N) is 1. The van der Waals surface area contributed by atoms with Gasteiger partial charge in [-0.25, -0.2) is 9.18 Å². The number of carbonyl (C=O) groups is 1. The van der Waals surface area contributed by atoms with E-state index in [1.165, 1.54) is 13.2 Å². The number of methoxy groups -OCH3 is 1. The number of fused-ring (bicyclic) bond motifs is 1. The molecule has 0 saturated carbocycles. The van der Waals surface area contributed by atoms with Gasteiger partial charge in [0.2, 0.25) is 0 Å². The molecule has 1 aliphatic rings. The van der Waals surface area contributed by atoms with Crippen molar-refractivity contribution in [1.29, 1.82) is 0 Å². The maximum absolute atomic E-state index is 14.2. The summed E-state index contributed by atoms with van der Waals surface area (Å²) in [4.78, 5) is 11.9. The van der Waals surface area contributed by atoms with Crippen LogP contribution in [0.3, 0.4) is 0 Å². The third-order valence-electron chi connectivity index (χ3n) is 4.33. The fourth-order valence-electron chi connectivity index (χ4n) is 3.34. The van der Waals surface area contributed by atoms with Gasteiger partial charge >= 0.3 is 6.09 Å². The Morgan fingerprint density at radius 2 is 2.04 bits per heavy atom. The predicted molar refractivity (Wildman–Crippen MR) is 88.9 cm³/mol. The molecule has 5 heteroatoms. The number of ether oxygens (including phenoxy) is 2. The molecular formula is C19H20FNO3. The number of halogens is 1. The molecule has 0 spiro atoms. The number of alkyl carbamates (subject to hydrolysis) is 1. The topological polar surface area (TPSA) is 47.6 Å². The monoisotopic (exact) mass is 329 g/mol. The number of rotatable bonds is 4. The third kappa shape index (κ3) is 3.07. The van der Waals surface area contributed by atoms with Gasteiger partial charge in [-0.3, -0.25) is 0 Å². The zero-order valence-corrected chi connectivity index (χ0v) is 13.7. The van der Waals surface area contributed by atoms with Gasteiger partial charge in [0.15, 0.2) is 11.6 Å². The lowest BCUT2D eigenvalue weighted by molar-refractivity contribution is 0.147. The first-order valence-corrected chi connectivity index (χ1v) is 7.98. The summed E-state index contributed by atoms with van der Waals surface area (Å²) >= 11 is 0. The van der Waals surface area contributed by atoms with Crippen LogP contribution in [-0.2, 0) is 11.2 Å². The van der Waals surface area contributed by atoms with E-state index in [9.17, 15) is 9.18 Å². The van der Waals surface area contributed by atoms with Crippen molar-refractivity contribution < 1.29 is 18.7 Å². The van der Waals surface area contributed by atoms with Gasteiger partial charge in [-0.15, -0.1) is 0 Å². The van der Waals surface area contributed by atoms with Crippen LogP contribution in [0.5, 0.6) is 5.75 Å². The standard InChI is InChI=1S/C19H20FNO3/c1-3-24-19(22)21-16-9-13-10-17(23-2)15(20)11-14(13)18(16)12-7-5-4-6-8-12/h4-8,10-11,16,18H,3,9H2,1-2H3,(H,21,22)/t16-,18-/m1/s1. The van der Waals surface area contributed by atoms with Crippen molar-refractivity contribution in [3.63, 3.8) is 0 Å². The molecule has 126 valence electrons. The molecule has 0 fully saturated rings. The van der Waals surface area contributed by atoms with Crippen LogP contribution in [0.4, 0.5) is 9.18 Å². The third-order valence-corrected chi connectivity index (χ3v) is 4.33. The van der Waals surface area contributed by atoms with Crippen molar-refractivity contribution in [1.82, 2.24) is 5.32 Å². The molecule has 0 saturated heterocycles. The first kappa shape index (κ1) is 16.3. The fraction of sp³-hybridized carbons (Fsp3) is 0.316. The van der Waals surface area contributed by atoms with Crippen LogP contribution in [0.25, 0.3) is 0 Å². The second-order valence-electron chi connectivity index (χ2n) is 5.75. The van der Waals surface area contributed by atoms with E-state index in [4.69, 9.17) is 9.47 Å². The van der Waals surface area contributed by atoms with Crippen molar-refractivity contribution in [2.24, 2.45) is 0 Å². The van der Waals surface area contributed by atoms with Crippen molar-refractivity contribution in [2.45, 2.75) is 25.3 Å². The van der Waals surface area contributed by atoms with Gasteiger partial charge in [0.25, 0.3) is 0 Å². The zero-order valence-electron chi connectivity index (χ0n) is 13.7. The highest BCUT2D eigenvalue weighted by molar-refractivity contribution is 5.68. The molecule has 1 N–H and O–H groups in total. The minimum absolute atomic E-state index is 0.119. The Morgan fingerprint density at radius 1 is 1.29 bits per heavy atom. The predicted octanol–water partition coefficient (Wildman–Crippen LogP) is 3.64. The van der Waals surface area contributed by atoms with E-state index >= 15 is 0 Å². The summed E-state index contributed by atoms with van der Waals surface area (Å²) < 4.78 is 24.3. The SMILES string of the molecule is CCOC(=O)N[C@@H]1Cc2cc(OC)c(F)cc2[C@H]1c1ccccc1. The largest absolute Gasteiger partial charge is 0.494 e. The van der Waals surface area contributed by atoms with Gasteiger partial charge in [0.05, 0.1) is 13.7 Å². The average molecular weight is 329 g/mol. The van der Waals surface area contributed by atoms with Crippen LogP contribution < -0.4 is 10.1 Å². The van der Waals surface area contributed by atoms with E-state index in [0.29, 0.717) is 13.0 Å². The molecule has 0 bridgehead atoms. The molecule has 24 heavy (non-hydrogen) atoms. The quantitative estimate of drug-likeness (QED) is 0.932. The summed E-state index contributed by atoms with van der Waals surface area (Å²) in [7, 11) is 1.45. The van der Waals surface area contributed by atoms with E-state index < -0.39 is 11.9 Å². The molecule has 0 aromatic heterocycles. The number of amides is 1. The van der Waals surface area contributed by atoms with Crippen molar-refractivity contribution in [3.8, 4) is 5.75 Å². The maximum atomic E-state index is 14.2. The van der Waals surface area contributed by atoms with Crippen LogP contribution in [0, 0.1) is 5.82 Å². The molecule has 0 aliphatic heterocycles. The number of benzene rings is 2. The Kier molecular flexibility index (Phi) is 4.69. The summed E-state index contributed by atoms with van der Waals surface area (Å²) in [5.74, 6) is -0.294. The highest BCUT2D eigenvalue weighted by Crippen LogP contribution is 2.40. The molecule has 4 nitrogen and oxygen atoms in total. The molecule has 0 unspecified atom stereocenters. The van der Waals surface area contributed by atoms with Crippen LogP contribution in [0.15, 0.2) is 42.5 Å². The summed E-state index contributed by atoms with van der Waals surface area (Å²) in [6, 6.07) is 12.8. The first-order chi connectivity index (χ1) is 11.6. The van der Waals surface area contributed by atoms with E-state index in [1.54, 1.807) is 13.0 Å². The molecule has 1 amide bonds. The molecule has 2 aromatic carbocycles. The molecule has 2 atom stereocenters. The average Bonchev–Trinajstić information content (AvgIpc) is 2.91. The Hall–Kier alpha value is -2.56. The number of carbonyl (C=O) groups excluding carboxylic acids is 1. The number of hydrogen-bond donors (Lipinski definition) is 1. The molecule has 0 radical (unpaired) electrons. The minimum atomic E-state index is -0.455. The lowest BCUT2D eigenvalue weighted by Gasteiger charge is -2.22. The minimum Gasteiger partial charge on any atom is -0.494 e. The van der Waals surface area contributed by atoms with Gasteiger partial charge in [-0.1, -0.05) is 30.3 Å². The lowest BCUT2D eigenvalue weighted by Crippen LogP contribution is -2.38. The molecule has 2 aromatic rings. The second kappa shape index (κ2) is 6.91. The molecule has 1 aliphatic carbocycles. The van der Waals surface area contributed by atoms with Gasteiger partial charge in [-0.2, -0.15) is 0 Å². The van der Waals surface area contributed by atoms with Gasteiger partial charge in [0, 0.05) is 12.0 Å². The van der Waals surface area contributed by atoms with Gasteiger partial charge < -0.3 is 14.8 Å². The summed E-state index contributed by atoms with van der Waals surface area (Å²) in [5.41, 5.74) is 2.88. The normalized spacial score (nSPS) is 18.8. The van der Waals surface area contributed by atoms with E-state index in [0.717, 1.165) is 16.7 Å². The van der Waals surface area contributed by atoms with E-state index in [1.807, 2.05) is 30.3 Å². The molecule has 0 heterocycles. The van der Waals surface area contributed by atoms with Crippen LogP contribution in [0.1, 0.15) is 29.5 Å². The first-order valence-electron chi connectivity index (χ1n) is 7.98. The summed E-state index contributed by atoms with van der Waals surface area (Å²) in [6.45, 7) is 2.07. The van der Waals surface area contributed by atoms with Crippen LogP contribution in [0.2, 0.25) is 0 Å². The highest BCUT2D eigenvalue weighted by Gasteiger charge is 2.36. The molecular weight excluding hydrogens is 309 g/mol. The fourth-order valence-corrected chi connectivity index (χ4v) is 3.34. The summed E-state index contributed by atoms with van der Waals surface area (Å²) in [6.07, 6.45) is 0.147. The maximum Gasteiger partial charge on any atom is 0.407 e. The van der Waals surface area contributed by atoms with Gasteiger partial charge in [0.1, 0.15) is 0 Å². The van der Waals surface area contributed by atoms with E-state index in [2.05, 4.69) is 5.32 Å². The van der Waals surface area contributed by atoms with Crippen molar-refractivity contribution in [2.75, 3.05) is 13.7 Å². The second-order valence-corrected chi connectivity index (χ2v) is 5.75. The summed E-state index contributed by atoms with van der Waals surface area (Å²) in [5, 5.41) is 2.91.